The minimum absolute atomic E-state index is 0.757. The molecule has 0 fully saturated rings. The highest BCUT2D eigenvalue weighted by Crippen LogP contribution is 2.55. The maximum absolute atomic E-state index is 4.47. The summed E-state index contributed by atoms with van der Waals surface area (Å²) in [6.45, 7) is 9.23. The molecule has 1 N–H and O–H groups in total. The molecule has 0 atom stereocenters. The topological polar surface area (TPSA) is 15.3 Å². The Morgan fingerprint density at radius 3 is 2.49 bits per heavy atom. The van der Waals surface area contributed by atoms with Gasteiger partial charge in [-0.1, -0.05) is 99.3 Å². The van der Waals surface area contributed by atoms with E-state index in [4.69, 9.17) is 0 Å². The van der Waals surface area contributed by atoms with Crippen LogP contribution in [-0.2, 0) is 6.42 Å². The lowest BCUT2D eigenvalue weighted by molar-refractivity contribution is 0.979. The standard InChI is InChI=1S/C35H26N2.C2H6/c1-22-10-6-7-19-37(34-27-15-4-5-18-31(27)36-21-30(22)34)35-25-14-3-2-11-24(25)20-29-26-16-8-12-23-13-9-17-28(32(23)26)33(29)35;1-2/h2,4-13,15-20,36H,1,3,14,21H2;1-2H3/b10-6-,19-7-;. The number of benzene rings is 4. The second kappa shape index (κ2) is 9.32. The fourth-order valence-electron chi connectivity index (χ4n) is 6.59. The summed E-state index contributed by atoms with van der Waals surface area (Å²) in [6.07, 6.45) is 15.4. The minimum Gasteiger partial charge on any atom is -0.380 e. The molecule has 0 aromatic heterocycles. The lowest BCUT2D eigenvalue weighted by Crippen LogP contribution is -2.26. The van der Waals surface area contributed by atoms with Crippen LogP contribution in [0.15, 0.2) is 115 Å². The third kappa shape index (κ3) is 3.48. The zero-order valence-electron chi connectivity index (χ0n) is 22.6. The summed E-state index contributed by atoms with van der Waals surface area (Å²) in [4.78, 5) is 2.48. The van der Waals surface area contributed by atoms with E-state index in [9.17, 15) is 0 Å². The first-order valence-corrected chi connectivity index (χ1v) is 14.1. The van der Waals surface area contributed by atoms with E-state index in [2.05, 4.69) is 120 Å². The molecule has 4 aromatic rings. The van der Waals surface area contributed by atoms with Crippen LogP contribution in [-0.4, -0.2) is 6.54 Å². The molecule has 0 spiro atoms. The highest BCUT2D eigenvalue weighted by molar-refractivity contribution is 6.19. The Hall–Kier alpha value is -4.56. The van der Waals surface area contributed by atoms with E-state index in [1.54, 1.807) is 0 Å². The molecular formula is C37H32N2. The van der Waals surface area contributed by atoms with Crippen LogP contribution < -0.4 is 10.2 Å². The molecular weight excluding hydrogens is 472 g/mol. The quantitative estimate of drug-likeness (QED) is 0.244. The summed E-state index contributed by atoms with van der Waals surface area (Å²) in [6, 6.07) is 24.6. The van der Waals surface area contributed by atoms with Crippen LogP contribution in [0.2, 0.25) is 0 Å². The average molecular weight is 505 g/mol. The molecule has 4 aromatic carbocycles. The fraction of sp³-hybridized carbons (Fsp3) is 0.135. The number of hydrogen-bond donors (Lipinski definition) is 1. The molecule has 2 aliphatic heterocycles. The number of allylic oxidation sites excluding steroid dienone is 4. The van der Waals surface area contributed by atoms with Crippen LogP contribution >= 0.6 is 0 Å². The smallest absolute Gasteiger partial charge is 0.0604 e. The SMILES string of the molecule is C=C1/C=C\C=C/N(c2c3c(cc4c2-c2cccc5cccc-4c25)C=CCC3)C2=C1CNc1ccccc12.CC. The Labute approximate surface area is 231 Å². The van der Waals surface area contributed by atoms with Crippen LogP contribution in [0.25, 0.3) is 44.8 Å². The molecule has 8 rings (SSSR count). The highest BCUT2D eigenvalue weighted by Gasteiger charge is 2.33. The van der Waals surface area contributed by atoms with Gasteiger partial charge in [0.25, 0.3) is 0 Å². The van der Waals surface area contributed by atoms with Crippen molar-refractivity contribution in [3.05, 3.63) is 132 Å². The van der Waals surface area contributed by atoms with Gasteiger partial charge in [0, 0.05) is 35.1 Å². The second-order valence-corrected chi connectivity index (χ2v) is 10.2. The highest BCUT2D eigenvalue weighted by atomic mass is 15.1. The van der Waals surface area contributed by atoms with Crippen molar-refractivity contribution in [2.24, 2.45) is 0 Å². The largest absolute Gasteiger partial charge is 0.380 e. The van der Waals surface area contributed by atoms with Crippen molar-refractivity contribution in [1.82, 2.24) is 0 Å². The van der Waals surface area contributed by atoms with Gasteiger partial charge in [0.2, 0.25) is 0 Å². The van der Waals surface area contributed by atoms with Crippen LogP contribution in [0.3, 0.4) is 0 Å². The maximum Gasteiger partial charge on any atom is 0.0604 e. The van der Waals surface area contributed by atoms with Gasteiger partial charge < -0.3 is 10.2 Å². The zero-order valence-corrected chi connectivity index (χ0v) is 22.6. The van der Waals surface area contributed by atoms with E-state index < -0.39 is 0 Å². The monoisotopic (exact) mass is 504 g/mol. The van der Waals surface area contributed by atoms with E-state index in [1.807, 2.05) is 13.8 Å². The van der Waals surface area contributed by atoms with Gasteiger partial charge in [0.1, 0.15) is 0 Å². The summed E-state index contributed by atoms with van der Waals surface area (Å²) in [7, 11) is 0. The van der Waals surface area contributed by atoms with Gasteiger partial charge >= 0.3 is 0 Å². The van der Waals surface area contributed by atoms with E-state index >= 15 is 0 Å². The number of rotatable bonds is 1. The van der Waals surface area contributed by atoms with Gasteiger partial charge in [-0.2, -0.15) is 0 Å². The predicted molar refractivity (Wildman–Crippen MR) is 169 cm³/mol. The van der Waals surface area contributed by atoms with Crippen molar-refractivity contribution in [3.8, 4) is 22.3 Å². The molecule has 0 bridgehead atoms. The summed E-state index contributed by atoms with van der Waals surface area (Å²) >= 11 is 0. The first-order valence-electron chi connectivity index (χ1n) is 14.1. The maximum atomic E-state index is 4.47. The molecule has 0 saturated heterocycles. The first kappa shape index (κ1) is 23.5. The first-order chi connectivity index (χ1) is 19.3. The van der Waals surface area contributed by atoms with Gasteiger partial charge in [-0.15, -0.1) is 0 Å². The number of nitrogens with zero attached hydrogens (tertiary/aromatic N) is 1. The molecule has 0 unspecified atom stereocenters. The van der Waals surface area contributed by atoms with Crippen molar-refractivity contribution in [1.29, 1.82) is 0 Å². The summed E-state index contributed by atoms with van der Waals surface area (Å²) in [5.41, 5.74) is 15.3. The predicted octanol–water partition coefficient (Wildman–Crippen LogP) is 9.76. The van der Waals surface area contributed by atoms with Gasteiger partial charge in [-0.3, -0.25) is 0 Å². The molecule has 2 nitrogen and oxygen atoms in total. The molecule has 2 heteroatoms. The van der Waals surface area contributed by atoms with E-state index in [0.717, 1.165) is 25.0 Å². The van der Waals surface area contributed by atoms with Crippen LogP contribution in [0.4, 0.5) is 11.4 Å². The number of hydrogen-bond acceptors (Lipinski definition) is 2. The zero-order chi connectivity index (χ0) is 26.5. The summed E-state index contributed by atoms with van der Waals surface area (Å²) < 4.78 is 0. The van der Waals surface area contributed by atoms with Crippen molar-refractivity contribution >= 4 is 33.9 Å². The number of anilines is 2. The fourth-order valence-corrected chi connectivity index (χ4v) is 6.59. The van der Waals surface area contributed by atoms with E-state index in [0.29, 0.717) is 0 Å². The van der Waals surface area contributed by atoms with E-state index in [1.165, 1.54) is 72.4 Å². The summed E-state index contributed by atoms with van der Waals surface area (Å²) in [5.74, 6) is 0. The lowest BCUT2D eigenvalue weighted by atomic mass is 9.86. The van der Waals surface area contributed by atoms with Gasteiger partial charge in [-0.05, 0) is 75.2 Å². The Morgan fingerprint density at radius 1 is 0.821 bits per heavy atom. The van der Waals surface area contributed by atoms with Crippen molar-refractivity contribution < 1.29 is 0 Å². The molecule has 0 amide bonds. The summed E-state index contributed by atoms with van der Waals surface area (Å²) in [5, 5.41) is 6.31. The molecule has 2 heterocycles. The molecule has 0 radical (unpaired) electrons. The molecule has 2 aliphatic carbocycles. The Balaban J connectivity index is 0.00000124. The van der Waals surface area contributed by atoms with Crippen molar-refractivity contribution in [2.75, 3.05) is 16.8 Å². The Kier molecular flexibility index (Phi) is 5.63. The third-order valence-electron chi connectivity index (χ3n) is 8.20. The normalized spacial score (nSPS) is 17.6. The van der Waals surface area contributed by atoms with Crippen molar-refractivity contribution in [3.63, 3.8) is 0 Å². The van der Waals surface area contributed by atoms with Gasteiger partial charge in [-0.25, -0.2) is 0 Å². The lowest BCUT2D eigenvalue weighted by Gasteiger charge is -2.36. The van der Waals surface area contributed by atoms with Crippen LogP contribution in [0, 0.1) is 0 Å². The number of fused-ring (bicyclic) bond motifs is 6. The molecule has 39 heavy (non-hydrogen) atoms. The average Bonchev–Trinajstić information content (AvgIpc) is 3.31. The Bertz CT molecular complexity index is 1790. The van der Waals surface area contributed by atoms with Crippen LogP contribution in [0.5, 0.6) is 0 Å². The Morgan fingerprint density at radius 2 is 1.62 bits per heavy atom. The van der Waals surface area contributed by atoms with Crippen LogP contribution in [0.1, 0.15) is 37.0 Å². The van der Waals surface area contributed by atoms with Gasteiger partial charge in [0.15, 0.2) is 0 Å². The van der Waals surface area contributed by atoms with E-state index in [-0.39, 0.29) is 0 Å². The number of nitrogens with one attached hydrogen (secondary N) is 1. The third-order valence-corrected chi connectivity index (χ3v) is 8.20. The molecule has 190 valence electrons. The second-order valence-electron chi connectivity index (χ2n) is 10.2. The van der Waals surface area contributed by atoms with Crippen molar-refractivity contribution in [2.45, 2.75) is 26.7 Å². The van der Waals surface area contributed by atoms with Gasteiger partial charge in [0.05, 0.1) is 11.4 Å². The number of para-hydroxylation sites is 1. The molecule has 4 aliphatic rings. The minimum atomic E-state index is 0.757. The molecule has 0 saturated carbocycles.